The van der Waals surface area contributed by atoms with E-state index in [1.54, 1.807) is 11.1 Å². The van der Waals surface area contributed by atoms with E-state index in [0.717, 1.165) is 0 Å². The van der Waals surface area contributed by atoms with Gasteiger partial charge >= 0.3 is 5.97 Å². The SMILES string of the molecule is CC1CN(C(=O)Cn2cc(CCC(=O)O)nn2)CC(C)O1. The molecule has 1 fully saturated rings. The average Bonchev–Trinajstić information content (AvgIpc) is 2.83. The molecule has 116 valence electrons. The number of carboxylic acids is 1. The highest BCUT2D eigenvalue weighted by molar-refractivity contribution is 5.76. The van der Waals surface area contributed by atoms with Gasteiger partial charge in [0.25, 0.3) is 0 Å². The third kappa shape index (κ3) is 4.52. The van der Waals surface area contributed by atoms with Crippen LogP contribution in [0.3, 0.4) is 0 Å². The van der Waals surface area contributed by atoms with Crippen LogP contribution in [-0.2, 0) is 27.3 Å². The van der Waals surface area contributed by atoms with Gasteiger partial charge in [-0.3, -0.25) is 9.59 Å². The van der Waals surface area contributed by atoms with Crippen molar-refractivity contribution >= 4 is 11.9 Å². The highest BCUT2D eigenvalue weighted by Crippen LogP contribution is 2.11. The minimum absolute atomic E-state index is 0.00509. The molecular formula is C13H20N4O4. The van der Waals surface area contributed by atoms with Crippen LogP contribution < -0.4 is 0 Å². The quantitative estimate of drug-likeness (QED) is 0.817. The molecule has 2 rings (SSSR count). The van der Waals surface area contributed by atoms with Crippen molar-refractivity contribution in [3.63, 3.8) is 0 Å². The van der Waals surface area contributed by atoms with E-state index in [2.05, 4.69) is 10.3 Å². The Morgan fingerprint density at radius 1 is 1.38 bits per heavy atom. The molecule has 1 N–H and O–H groups in total. The molecule has 1 amide bonds. The van der Waals surface area contributed by atoms with Crippen LogP contribution in [0, 0.1) is 0 Å². The number of carbonyl (C=O) groups is 2. The lowest BCUT2D eigenvalue weighted by Gasteiger charge is -2.35. The summed E-state index contributed by atoms with van der Waals surface area (Å²) in [6.45, 7) is 5.14. The van der Waals surface area contributed by atoms with Gasteiger partial charge in [-0.1, -0.05) is 5.21 Å². The second-order valence-corrected chi connectivity index (χ2v) is 5.36. The van der Waals surface area contributed by atoms with Gasteiger partial charge in [0.2, 0.25) is 5.91 Å². The molecule has 1 aromatic heterocycles. The van der Waals surface area contributed by atoms with Gasteiger partial charge in [0.15, 0.2) is 0 Å². The zero-order chi connectivity index (χ0) is 15.4. The molecule has 0 aliphatic carbocycles. The molecule has 2 unspecified atom stereocenters. The molecule has 1 aromatic rings. The molecule has 0 aromatic carbocycles. The van der Waals surface area contributed by atoms with Crippen LogP contribution in [0.5, 0.6) is 0 Å². The summed E-state index contributed by atoms with van der Waals surface area (Å²) in [6.07, 6.45) is 1.99. The Kier molecular flexibility index (Phi) is 4.89. The van der Waals surface area contributed by atoms with Gasteiger partial charge in [-0.25, -0.2) is 4.68 Å². The predicted octanol–water partition coefficient (Wildman–Crippen LogP) is -0.0689. The molecule has 2 atom stereocenters. The minimum Gasteiger partial charge on any atom is -0.481 e. The van der Waals surface area contributed by atoms with Crippen LogP contribution in [0.4, 0.5) is 0 Å². The summed E-state index contributed by atoms with van der Waals surface area (Å²) in [4.78, 5) is 24.5. The third-order valence-corrected chi connectivity index (χ3v) is 3.25. The van der Waals surface area contributed by atoms with Crippen LogP contribution in [0.25, 0.3) is 0 Å². The fourth-order valence-electron chi connectivity index (χ4n) is 2.39. The van der Waals surface area contributed by atoms with E-state index in [-0.39, 0.29) is 31.1 Å². The van der Waals surface area contributed by atoms with E-state index < -0.39 is 5.97 Å². The van der Waals surface area contributed by atoms with Gasteiger partial charge in [-0.15, -0.1) is 5.10 Å². The number of morpholine rings is 1. The standard InChI is InChI=1S/C13H20N4O4/c1-9-5-16(6-10(2)21-9)12(18)8-17-7-11(14-15-17)3-4-13(19)20/h7,9-10H,3-6,8H2,1-2H3,(H,19,20). The molecule has 8 nitrogen and oxygen atoms in total. The molecule has 1 aliphatic rings. The largest absolute Gasteiger partial charge is 0.481 e. The summed E-state index contributed by atoms with van der Waals surface area (Å²) in [6, 6.07) is 0. The second-order valence-electron chi connectivity index (χ2n) is 5.36. The molecule has 2 heterocycles. The van der Waals surface area contributed by atoms with Gasteiger partial charge in [0, 0.05) is 25.7 Å². The van der Waals surface area contributed by atoms with Crippen LogP contribution in [0.1, 0.15) is 26.0 Å². The number of aliphatic carboxylic acids is 1. The average molecular weight is 296 g/mol. The number of nitrogens with zero attached hydrogens (tertiary/aromatic N) is 4. The summed E-state index contributed by atoms with van der Waals surface area (Å²) < 4.78 is 7.04. The van der Waals surface area contributed by atoms with Crippen molar-refractivity contribution < 1.29 is 19.4 Å². The Bertz CT molecular complexity index is 506. The molecule has 0 bridgehead atoms. The molecule has 0 saturated carbocycles. The number of carbonyl (C=O) groups excluding carboxylic acids is 1. The van der Waals surface area contributed by atoms with E-state index in [9.17, 15) is 9.59 Å². The van der Waals surface area contributed by atoms with Crippen molar-refractivity contribution in [1.29, 1.82) is 0 Å². The summed E-state index contributed by atoms with van der Waals surface area (Å²) in [5.41, 5.74) is 0.578. The summed E-state index contributed by atoms with van der Waals surface area (Å²) in [7, 11) is 0. The maximum Gasteiger partial charge on any atom is 0.303 e. The Hall–Kier alpha value is -1.96. The highest BCUT2D eigenvalue weighted by atomic mass is 16.5. The van der Waals surface area contributed by atoms with Crippen LogP contribution in [-0.4, -0.2) is 62.2 Å². The van der Waals surface area contributed by atoms with Gasteiger partial charge in [0.1, 0.15) is 6.54 Å². The van der Waals surface area contributed by atoms with Crippen molar-refractivity contribution in [1.82, 2.24) is 19.9 Å². The van der Waals surface area contributed by atoms with E-state index >= 15 is 0 Å². The maximum absolute atomic E-state index is 12.2. The molecule has 0 spiro atoms. The smallest absolute Gasteiger partial charge is 0.303 e. The fourth-order valence-corrected chi connectivity index (χ4v) is 2.39. The molecule has 21 heavy (non-hydrogen) atoms. The van der Waals surface area contributed by atoms with Gasteiger partial charge < -0.3 is 14.7 Å². The number of carboxylic acid groups (broad SMARTS) is 1. The van der Waals surface area contributed by atoms with Crippen LogP contribution in [0.15, 0.2) is 6.20 Å². The topological polar surface area (TPSA) is 97.6 Å². The van der Waals surface area contributed by atoms with E-state index in [1.165, 1.54) is 4.68 Å². The number of ether oxygens (including phenoxy) is 1. The first kappa shape index (κ1) is 15.4. The summed E-state index contributed by atoms with van der Waals surface area (Å²) in [5.74, 6) is -0.913. The molecule has 8 heteroatoms. The van der Waals surface area contributed by atoms with Gasteiger partial charge in [-0.05, 0) is 13.8 Å². The summed E-state index contributed by atoms with van der Waals surface area (Å²) >= 11 is 0. The zero-order valence-electron chi connectivity index (χ0n) is 12.2. The van der Waals surface area contributed by atoms with Crippen molar-refractivity contribution in [3.8, 4) is 0 Å². The Labute approximate surface area is 122 Å². The van der Waals surface area contributed by atoms with Crippen molar-refractivity contribution in [2.45, 2.75) is 45.4 Å². The fraction of sp³-hybridized carbons (Fsp3) is 0.692. The van der Waals surface area contributed by atoms with E-state index in [4.69, 9.17) is 9.84 Å². The first-order valence-corrected chi connectivity index (χ1v) is 6.98. The monoisotopic (exact) mass is 296 g/mol. The molecule has 1 aliphatic heterocycles. The van der Waals surface area contributed by atoms with Crippen molar-refractivity contribution in [2.75, 3.05) is 13.1 Å². The number of rotatable bonds is 5. The molecule has 1 saturated heterocycles. The number of amides is 1. The minimum atomic E-state index is -0.878. The lowest BCUT2D eigenvalue weighted by Crippen LogP contribution is -2.49. The van der Waals surface area contributed by atoms with Crippen LogP contribution >= 0.6 is 0 Å². The van der Waals surface area contributed by atoms with Gasteiger partial charge in [-0.2, -0.15) is 0 Å². The normalized spacial score (nSPS) is 22.3. The molecular weight excluding hydrogens is 276 g/mol. The van der Waals surface area contributed by atoms with E-state index in [0.29, 0.717) is 25.2 Å². The van der Waals surface area contributed by atoms with Crippen molar-refractivity contribution in [3.05, 3.63) is 11.9 Å². The Morgan fingerprint density at radius 3 is 2.67 bits per heavy atom. The lowest BCUT2D eigenvalue weighted by atomic mass is 10.2. The summed E-state index contributed by atoms with van der Waals surface area (Å²) in [5, 5.41) is 16.4. The Morgan fingerprint density at radius 2 is 2.05 bits per heavy atom. The predicted molar refractivity (Wildman–Crippen MR) is 72.6 cm³/mol. The third-order valence-electron chi connectivity index (χ3n) is 3.25. The van der Waals surface area contributed by atoms with Crippen molar-refractivity contribution in [2.24, 2.45) is 0 Å². The van der Waals surface area contributed by atoms with E-state index in [1.807, 2.05) is 13.8 Å². The Balaban J connectivity index is 1.89. The number of hydrogen-bond donors (Lipinski definition) is 1. The number of hydrogen-bond acceptors (Lipinski definition) is 5. The number of aromatic nitrogens is 3. The maximum atomic E-state index is 12.2. The molecule has 0 radical (unpaired) electrons. The van der Waals surface area contributed by atoms with Crippen LogP contribution in [0.2, 0.25) is 0 Å². The second kappa shape index (κ2) is 6.66. The zero-order valence-corrected chi connectivity index (χ0v) is 12.2. The first-order valence-electron chi connectivity index (χ1n) is 6.98. The first-order chi connectivity index (χ1) is 9.94. The lowest BCUT2D eigenvalue weighted by molar-refractivity contribution is -0.144. The van der Waals surface area contributed by atoms with Gasteiger partial charge in [0.05, 0.1) is 24.3 Å². The highest BCUT2D eigenvalue weighted by Gasteiger charge is 2.26. The number of aryl methyl sites for hydroxylation is 1.